The maximum absolute atomic E-state index is 14.4. The topological polar surface area (TPSA) is 225 Å². The molecule has 17 atom stereocenters. The first kappa shape index (κ1) is 41.7. The highest BCUT2D eigenvalue weighted by Gasteiger charge is 3.07. The van der Waals surface area contributed by atoms with Crippen LogP contribution in [0.4, 0.5) is 0 Å². The third-order valence-corrected chi connectivity index (χ3v) is 16.8. The zero-order valence-electron chi connectivity index (χ0n) is 35.9. The van der Waals surface area contributed by atoms with Crippen molar-refractivity contribution in [2.75, 3.05) is 7.11 Å². The fourth-order valence-corrected chi connectivity index (χ4v) is 13.7. The lowest BCUT2D eigenvalue weighted by Crippen LogP contribution is -2.99. The van der Waals surface area contributed by atoms with Crippen molar-refractivity contribution in [2.24, 2.45) is 34.0 Å². The SMILES string of the molecule is CCC(C)C(=O)O[C@@H]1C[C@@]2(C)[C@H](c3ccoc3)OC(=O)CC23OC2(C)OC34[C@H](OC(=O)C(C)C)[C@@]3(O)[C@@H](OC(=O)C5(C)OC5C)[C@@]5(C)C[C@]3(O)[C@@](C)([C@H]5CC(=O)OC)C14O2. The van der Waals surface area contributed by atoms with E-state index in [2.05, 4.69) is 0 Å². The number of ether oxygens (including phenoxy) is 9. The number of epoxide rings is 1. The second kappa shape index (κ2) is 12.1. The highest BCUT2D eigenvalue weighted by Crippen LogP contribution is 2.89. The van der Waals surface area contributed by atoms with Gasteiger partial charge in [-0.2, -0.15) is 0 Å². The highest BCUT2D eigenvalue weighted by molar-refractivity contribution is 5.83. The number of rotatable bonds is 10. The summed E-state index contributed by atoms with van der Waals surface area (Å²) < 4.78 is 63.7. The van der Waals surface area contributed by atoms with E-state index in [1.165, 1.54) is 33.5 Å². The molecule has 4 bridgehead atoms. The number of hydrogen-bond donors (Lipinski definition) is 2. The normalized spacial score (nSPS) is 51.6. The molecule has 17 heteroatoms. The van der Waals surface area contributed by atoms with Crippen LogP contribution in [0, 0.1) is 34.0 Å². The van der Waals surface area contributed by atoms with Gasteiger partial charge in [0.05, 0.1) is 44.0 Å². The molecule has 0 amide bonds. The average molecular weight is 845 g/mol. The Morgan fingerprint density at radius 1 is 0.933 bits per heavy atom. The Morgan fingerprint density at radius 3 is 2.18 bits per heavy atom. The molecule has 330 valence electrons. The van der Waals surface area contributed by atoms with Crippen LogP contribution >= 0.6 is 0 Å². The van der Waals surface area contributed by atoms with Crippen LogP contribution in [-0.2, 0) is 66.6 Å². The molecular weight excluding hydrogens is 788 g/mol. The van der Waals surface area contributed by atoms with Gasteiger partial charge in [0.2, 0.25) is 0 Å². The minimum atomic E-state index is -2.80. The predicted molar refractivity (Wildman–Crippen MR) is 198 cm³/mol. The Bertz CT molecular complexity index is 2070. The first-order valence-electron chi connectivity index (χ1n) is 21.0. The lowest BCUT2D eigenvalue weighted by molar-refractivity contribution is -0.479. The molecule has 17 nitrogen and oxygen atoms in total. The minimum absolute atomic E-state index is 0.151. The van der Waals surface area contributed by atoms with Crippen LogP contribution in [0.3, 0.4) is 0 Å². The van der Waals surface area contributed by atoms with E-state index in [9.17, 15) is 34.2 Å². The van der Waals surface area contributed by atoms with Gasteiger partial charge in [0.25, 0.3) is 5.97 Å². The second-order valence-corrected chi connectivity index (χ2v) is 20.0. The smallest absolute Gasteiger partial charge is 0.341 e. The molecule has 1 aromatic rings. The summed E-state index contributed by atoms with van der Waals surface area (Å²) in [6, 6.07) is 1.62. The Balaban J connectivity index is 1.41. The number of carbonyl (C=O) groups excluding carboxylic acids is 5. The summed E-state index contributed by atoms with van der Waals surface area (Å²) in [7, 11) is 1.21. The van der Waals surface area contributed by atoms with Crippen LogP contribution in [0.25, 0.3) is 0 Å². The molecule has 0 aromatic carbocycles. The second-order valence-electron chi connectivity index (χ2n) is 20.0. The number of aliphatic hydroxyl groups is 2. The highest BCUT2D eigenvalue weighted by atomic mass is 17.0. The molecule has 2 N–H and O–H groups in total. The Kier molecular flexibility index (Phi) is 8.41. The van der Waals surface area contributed by atoms with E-state index in [1.54, 1.807) is 54.5 Å². The van der Waals surface area contributed by atoms with Crippen LogP contribution in [0.15, 0.2) is 23.0 Å². The summed E-state index contributed by atoms with van der Waals surface area (Å²) >= 11 is 0. The summed E-state index contributed by atoms with van der Waals surface area (Å²) in [5.74, 6) is -8.52. The van der Waals surface area contributed by atoms with Crippen LogP contribution in [0.5, 0.6) is 0 Å². The van der Waals surface area contributed by atoms with E-state index in [-0.39, 0.29) is 12.8 Å². The van der Waals surface area contributed by atoms with E-state index < -0.39 is 147 Å². The van der Waals surface area contributed by atoms with Gasteiger partial charge in [-0.15, -0.1) is 0 Å². The quantitative estimate of drug-likeness (QED) is 0.196. The fraction of sp³-hybridized carbons (Fsp3) is 0.791. The van der Waals surface area contributed by atoms with E-state index >= 15 is 0 Å². The molecular formula is C43H56O17. The van der Waals surface area contributed by atoms with Gasteiger partial charge < -0.3 is 57.3 Å². The fourth-order valence-electron chi connectivity index (χ4n) is 13.7. The predicted octanol–water partition coefficient (Wildman–Crippen LogP) is 3.34. The summed E-state index contributed by atoms with van der Waals surface area (Å²) in [6.07, 6.45) is -5.20. The number of fused-ring (bicyclic) bond motifs is 2. The third kappa shape index (κ3) is 4.28. The van der Waals surface area contributed by atoms with E-state index in [4.69, 9.17) is 47.0 Å². The maximum atomic E-state index is 14.4. The van der Waals surface area contributed by atoms with E-state index in [1.807, 2.05) is 6.92 Å². The van der Waals surface area contributed by atoms with Crippen molar-refractivity contribution in [3.63, 3.8) is 0 Å². The van der Waals surface area contributed by atoms with Crippen molar-refractivity contribution in [1.29, 1.82) is 0 Å². The molecule has 2 spiro atoms. The van der Waals surface area contributed by atoms with Crippen molar-refractivity contribution in [3.05, 3.63) is 24.2 Å². The molecule has 5 heterocycles. The molecule has 4 saturated carbocycles. The van der Waals surface area contributed by atoms with Crippen LogP contribution < -0.4 is 0 Å². The number of cyclic esters (lactones) is 1. The number of esters is 5. The average Bonchev–Trinajstić information content (AvgIpc) is 3.63. The first-order chi connectivity index (χ1) is 27.8. The molecule has 8 aliphatic rings. The standard InChI is InChI=1S/C43H56O17/c1-12-21(4)30(47)53-25-16-35(7)28(23-13-14-52-18-23)54-27(45)17-40(35)43-32(55-29(46)20(2)3)41(50)31(56-33(48)36(8)22(5)57-36)34(6)19-39(41,49)37(9,24(34)15-26(44)51-11)42(25,43)59-38(10,58-40)60-43/h13-14,18,20-22,24-25,28,31-32,49-50H,12,15-17,19H2,1-11H3/t21?,22?,24-,25+,28-,31-,32+,34-,35-,36?,37+,38?,39-,40?,41-,42?,43?/m0/s1. The van der Waals surface area contributed by atoms with Crippen molar-refractivity contribution < 1.29 is 81.2 Å². The van der Waals surface area contributed by atoms with Crippen LogP contribution in [0.2, 0.25) is 0 Å². The van der Waals surface area contributed by atoms with Crippen LogP contribution in [0.1, 0.15) is 113 Å². The van der Waals surface area contributed by atoms with Crippen molar-refractivity contribution in [2.45, 2.75) is 171 Å². The molecule has 8 fully saturated rings. The van der Waals surface area contributed by atoms with Gasteiger partial charge in [-0.05, 0) is 45.1 Å². The lowest BCUT2D eigenvalue weighted by Gasteiger charge is -2.79. The van der Waals surface area contributed by atoms with Gasteiger partial charge in [-0.1, -0.05) is 48.5 Å². The lowest BCUT2D eigenvalue weighted by atomic mass is 9.31. The molecule has 1 aromatic heterocycles. The van der Waals surface area contributed by atoms with Gasteiger partial charge in [0, 0.05) is 35.2 Å². The Labute approximate surface area is 347 Å². The zero-order valence-corrected chi connectivity index (χ0v) is 35.9. The van der Waals surface area contributed by atoms with Gasteiger partial charge in [0.15, 0.2) is 28.5 Å². The third-order valence-electron chi connectivity index (χ3n) is 16.8. The van der Waals surface area contributed by atoms with Gasteiger partial charge >= 0.3 is 29.8 Å². The van der Waals surface area contributed by atoms with Crippen molar-refractivity contribution in [1.82, 2.24) is 0 Å². The van der Waals surface area contributed by atoms with E-state index in [0.29, 0.717) is 12.0 Å². The summed E-state index contributed by atoms with van der Waals surface area (Å²) in [5.41, 5.74) is -17.8. The number of carbonyl (C=O) groups is 5. The summed E-state index contributed by atoms with van der Waals surface area (Å²) in [5, 5.41) is 28.1. The molecule has 0 radical (unpaired) electrons. The van der Waals surface area contributed by atoms with Gasteiger partial charge in [-0.3, -0.25) is 19.2 Å². The number of hydrogen-bond acceptors (Lipinski definition) is 17. The van der Waals surface area contributed by atoms with Crippen molar-refractivity contribution >= 4 is 29.8 Å². The van der Waals surface area contributed by atoms with Gasteiger partial charge in [0.1, 0.15) is 29.5 Å². The molecule has 9 rings (SSSR count). The summed E-state index contributed by atoms with van der Waals surface area (Å²) in [4.78, 5) is 71.1. The summed E-state index contributed by atoms with van der Waals surface area (Å²) in [6.45, 7) is 16.5. The van der Waals surface area contributed by atoms with Gasteiger partial charge in [-0.25, -0.2) is 4.79 Å². The molecule has 7 unspecified atom stereocenters. The van der Waals surface area contributed by atoms with Crippen molar-refractivity contribution in [3.8, 4) is 0 Å². The van der Waals surface area contributed by atoms with Crippen LogP contribution in [-0.4, -0.2) is 111 Å². The largest absolute Gasteiger partial charge is 0.472 e. The Morgan fingerprint density at radius 2 is 1.60 bits per heavy atom. The Hall–Kier alpha value is -3.61. The molecule has 4 aliphatic heterocycles. The first-order valence-corrected chi connectivity index (χ1v) is 21.0. The molecule has 4 aliphatic carbocycles. The maximum Gasteiger partial charge on any atom is 0.341 e. The number of methoxy groups -OCH3 is 1. The monoisotopic (exact) mass is 844 g/mol. The molecule has 60 heavy (non-hydrogen) atoms. The zero-order chi connectivity index (χ0) is 43.8. The minimum Gasteiger partial charge on any atom is -0.472 e. The van der Waals surface area contributed by atoms with E-state index in [0.717, 1.165) is 0 Å². The number of furan rings is 1. The molecule has 4 saturated heterocycles.